The minimum absolute atomic E-state index is 0.0522. The van der Waals surface area contributed by atoms with E-state index in [2.05, 4.69) is 15.3 Å². The second-order valence-corrected chi connectivity index (χ2v) is 10.4. The molecule has 15 nitrogen and oxygen atoms in total. The summed E-state index contributed by atoms with van der Waals surface area (Å²) in [5.74, 6) is -0.267. The number of amides is 1. The summed E-state index contributed by atoms with van der Waals surface area (Å²) in [6.07, 6.45) is -1.34. The fourth-order valence-corrected chi connectivity index (χ4v) is 5.01. The van der Waals surface area contributed by atoms with Crippen molar-refractivity contribution >= 4 is 11.7 Å². The van der Waals surface area contributed by atoms with Crippen LogP contribution in [-0.4, -0.2) is 79.6 Å². The molecule has 1 amide bonds. The second-order valence-electron chi connectivity index (χ2n) is 10.4. The Labute approximate surface area is 244 Å². The van der Waals surface area contributed by atoms with Gasteiger partial charge in [0.2, 0.25) is 0 Å². The number of aryl methyl sites for hydroxylation is 2. The SMILES string of the molecule is Cc1cn([C@H]2C[C@H](O)[C@@H](COCO[C@H]3C[C@H](n4cc(C)c(=O)[nH]c4=O)O[C@@H]3CO)O2)c(=O)nc1NC(=O)c1ccccc1. The van der Waals surface area contributed by atoms with Crippen LogP contribution in [0.3, 0.4) is 0 Å². The van der Waals surface area contributed by atoms with E-state index in [4.69, 9.17) is 18.9 Å². The molecule has 4 heterocycles. The van der Waals surface area contributed by atoms with Crippen LogP contribution in [0.1, 0.15) is 46.8 Å². The normalized spacial score (nSPS) is 25.2. The summed E-state index contributed by atoms with van der Waals surface area (Å²) in [5, 5.41) is 22.9. The van der Waals surface area contributed by atoms with E-state index in [1.807, 2.05) is 0 Å². The first-order chi connectivity index (χ1) is 20.6. The standard InChI is InChI=1S/C28H33N5O10/c1-15-10-32(27(38)30-24(15)29-26(37)17-6-4-3-5-7-17)22-8-18(35)21(43-22)13-40-14-41-19-9-23(42-20(19)12-34)33-11-16(2)25(36)31-28(33)39/h3-7,10-11,18-23,34-35H,8-9,12-14H2,1-2H3,(H,31,36,39)(H,29,30,37,38)/t18-,19-,20+,21+,22+,23+/m0/s1. The first-order valence-corrected chi connectivity index (χ1v) is 13.7. The molecule has 2 fully saturated rings. The number of ether oxygens (including phenoxy) is 4. The van der Waals surface area contributed by atoms with Gasteiger partial charge in [-0.15, -0.1) is 0 Å². The van der Waals surface area contributed by atoms with Gasteiger partial charge in [0, 0.05) is 41.9 Å². The number of H-pyrrole nitrogens is 1. The second kappa shape index (κ2) is 13.1. The van der Waals surface area contributed by atoms with Crippen molar-refractivity contribution < 1.29 is 34.0 Å². The summed E-state index contributed by atoms with van der Waals surface area (Å²) >= 11 is 0. The molecule has 6 atom stereocenters. The summed E-state index contributed by atoms with van der Waals surface area (Å²) in [6.45, 7) is 2.63. The number of benzene rings is 1. The van der Waals surface area contributed by atoms with E-state index in [0.717, 1.165) is 0 Å². The van der Waals surface area contributed by atoms with Crippen LogP contribution in [0.25, 0.3) is 0 Å². The molecule has 15 heteroatoms. The van der Waals surface area contributed by atoms with E-state index in [1.54, 1.807) is 44.2 Å². The van der Waals surface area contributed by atoms with Crippen LogP contribution in [0.15, 0.2) is 57.1 Å². The maximum Gasteiger partial charge on any atom is 0.351 e. The molecule has 5 rings (SSSR count). The molecule has 2 aliphatic rings. The Balaban J connectivity index is 1.13. The van der Waals surface area contributed by atoms with Crippen molar-refractivity contribution in [2.24, 2.45) is 0 Å². The molecule has 43 heavy (non-hydrogen) atoms. The largest absolute Gasteiger partial charge is 0.394 e. The molecule has 0 radical (unpaired) electrons. The Kier molecular flexibility index (Phi) is 9.29. The predicted molar refractivity (Wildman–Crippen MR) is 150 cm³/mol. The van der Waals surface area contributed by atoms with Crippen molar-refractivity contribution in [1.82, 2.24) is 19.1 Å². The molecule has 0 bridgehead atoms. The number of rotatable bonds is 10. The van der Waals surface area contributed by atoms with Crippen molar-refractivity contribution in [3.63, 3.8) is 0 Å². The molecule has 0 unspecified atom stereocenters. The van der Waals surface area contributed by atoms with Gasteiger partial charge in [0.05, 0.1) is 25.4 Å². The first-order valence-electron chi connectivity index (χ1n) is 13.7. The predicted octanol–water partition coefficient (Wildman–Crippen LogP) is -0.0499. The number of hydrogen-bond donors (Lipinski definition) is 4. The van der Waals surface area contributed by atoms with Crippen molar-refractivity contribution in [1.29, 1.82) is 0 Å². The maximum absolute atomic E-state index is 12.8. The molecule has 0 saturated carbocycles. The van der Waals surface area contributed by atoms with Crippen LogP contribution < -0.4 is 22.3 Å². The molecule has 2 aromatic heterocycles. The van der Waals surface area contributed by atoms with Crippen molar-refractivity contribution in [2.75, 3.05) is 25.3 Å². The molecule has 2 aliphatic heterocycles. The van der Waals surface area contributed by atoms with Gasteiger partial charge in [-0.3, -0.25) is 23.7 Å². The zero-order valence-electron chi connectivity index (χ0n) is 23.5. The first kappa shape index (κ1) is 30.5. The van der Waals surface area contributed by atoms with E-state index in [9.17, 15) is 29.4 Å². The van der Waals surface area contributed by atoms with Gasteiger partial charge < -0.3 is 34.5 Å². The summed E-state index contributed by atoms with van der Waals surface area (Å²) in [6, 6.07) is 8.54. The number of anilines is 1. The van der Waals surface area contributed by atoms with Crippen LogP contribution in [0.4, 0.5) is 5.82 Å². The van der Waals surface area contributed by atoms with Gasteiger partial charge >= 0.3 is 11.4 Å². The summed E-state index contributed by atoms with van der Waals surface area (Å²) in [5.41, 5.74) is -0.480. The third-order valence-corrected chi connectivity index (χ3v) is 7.38. The van der Waals surface area contributed by atoms with E-state index in [-0.39, 0.29) is 38.7 Å². The number of carbonyl (C=O) groups excluding carboxylic acids is 1. The Morgan fingerprint density at radius 1 is 1.05 bits per heavy atom. The number of aromatic amines is 1. The monoisotopic (exact) mass is 599 g/mol. The van der Waals surface area contributed by atoms with Gasteiger partial charge in [0.15, 0.2) is 0 Å². The number of aliphatic hydroxyl groups excluding tert-OH is 2. The molecule has 0 aliphatic carbocycles. The van der Waals surface area contributed by atoms with Gasteiger partial charge in [-0.25, -0.2) is 9.59 Å². The molecular weight excluding hydrogens is 566 g/mol. The fraction of sp³-hybridized carbons (Fsp3) is 0.464. The zero-order valence-corrected chi connectivity index (χ0v) is 23.5. The molecule has 0 spiro atoms. The minimum Gasteiger partial charge on any atom is -0.394 e. The Morgan fingerprint density at radius 2 is 1.74 bits per heavy atom. The van der Waals surface area contributed by atoms with Gasteiger partial charge in [0.25, 0.3) is 11.5 Å². The molecular formula is C28H33N5O10. The highest BCUT2D eigenvalue weighted by Crippen LogP contribution is 2.31. The van der Waals surface area contributed by atoms with Crippen LogP contribution in [0.5, 0.6) is 0 Å². The quantitative estimate of drug-likeness (QED) is 0.180. The fourth-order valence-electron chi connectivity index (χ4n) is 5.01. The van der Waals surface area contributed by atoms with Crippen molar-refractivity contribution in [2.45, 2.75) is 63.6 Å². The highest BCUT2D eigenvalue weighted by molar-refractivity contribution is 6.03. The van der Waals surface area contributed by atoms with E-state index >= 15 is 0 Å². The molecule has 230 valence electrons. The summed E-state index contributed by atoms with van der Waals surface area (Å²) in [7, 11) is 0. The number of hydrogen-bond acceptors (Lipinski definition) is 11. The van der Waals surface area contributed by atoms with Gasteiger partial charge in [-0.05, 0) is 26.0 Å². The van der Waals surface area contributed by atoms with E-state index in [0.29, 0.717) is 16.7 Å². The van der Waals surface area contributed by atoms with Crippen LogP contribution >= 0.6 is 0 Å². The van der Waals surface area contributed by atoms with E-state index in [1.165, 1.54) is 21.5 Å². The number of carbonyl (C=O) groups is 1. The number of aromatic nitrogens is 4. The van der Waals surface area contributed by atoms with Crippen LogP contribution in [-0.2, 0) is 18.9 Å². The molecule has 1 aromatic carbocycles. The van der Waals surface area contributed by atoms with Gasteiger partial charge in [0.1, 0.15) is 37.3 Å². The molecule has 3 aromatic rings. The zero-order chi connectivity index (χ0) is 30.7. The lowest BCUT2D eigenvalue weighted by Crippen LogP contribution is -2.33. The number of nitrogens with one attached hydrogen (secondary N) is 2. The Bertz CT molecular complexity index is 1620. The van der Waals surface area contributed by atoms with E-state index < -0.39 is 59.7 Å². The summed E-state index contributed by atoms with van der Waals surface area (Å²) in [4.78, 5) is 55.4. The van der Waals surface area contributed by atoms with Gasteiger partial charge in [-0.1, -0.05) is 18.2 Å². The number of aliphatic hydroxyl groups is 2. The molecule has 2 saturated heterocycles. The average Bonchev–Trinajstić information content (AvgIpc) is 3.57. The summed E-state index contributed by atoms with van der Waals surface area (Å²) < 4.78 is 25.5. The molecule has 4 N–H and O–H groups in total. The topological polar surface area (TPSA) is 196 Å². The minimum atomic E-state index is -0.936. The average molecular weight is 600 g/mol. The smallest absolute Gasteiger partial charge is 0.351 e. The maximum atomic E-state index is 12.8. The van der Waals surface area contributed by atoms with Crippen LogP contribution in [0.2, 0.25) is 0 Å². The van der Waals surface area contributed by atoms with Crippen LogP contribution in [0, 0.1) is 13.8 Å². The Hall–Kier alpha value is -3.99. The lowest BCUT2D eigenvalue weighted by atomic mass is 10.2. The lowest BCUT2D eigenvalue weighted by molar-refractivity contribution is -0.142. The van der Waals surface area contributed by atoms with Crippen molar-refractivity contribution in [3.05, 3.63) is 90.7 Å². The highest BCUT2D eigenvalue weighted by Gasteiger charge is 2.38. The third kappa shape index (κ3) is 6.82. The Morgan fingerprint density at radius 3 is 2.49 bits per heavy atom. The highest BCUT2D eigenvalue weighted by atomic mass is 16.7. The van der Waals surface area contributed by atoms with Crippen molar-refractivity contribution in [3.8, 4) is 0 Å². The number of nitrogens with zero attached hydrogens (tertiary/aromatic N) is 3. The lowest BCUT2D eigenvalue weighted by Gasteiger charge is -2.19. The van der Waals surface area contributed by atoms with Gasteiger partial charge in [-0.2, -0.15) is 4.98 Å². The third-order valence-electron chi connectivity index (χ3n) is 7.38.